The minimum Gasteiger partial charge on any atom is -0.490 e. The van der Waals surface area contributed by atoms with Crippen molar-refractivity contribution in [2.45, 2.75) is 33.5 Å². The van der Waals surface area contributed by atoms with Crippen LogP contribution < -0.4 is 20.9 Å². The number of halogens is 1. The van der Waals surface area contributed by atoms with E-state index in [9.17, 15) is 10.0 Å². The molecule has 11 heteroatoms. The second kappa shape index (κ2) is 7.95. The number of rotatable bonds is 6. The molecule has 0 aliphatic heterocycles. The zero-order chi connectivity index (χ0) is 22.3. The van der Waals surface area contributed by atoms with Crippen LogP contribution in [-0.4, -0.2) is 36.0 Å². The molecule has 3 N–H and O–H groups in total. The fraction of sp³-hybridized carbons (Fsp3) is 0.300. The van der Waals surface area contributed by atoms with E-state index in [0.717, 1.165) is 10.3 Å². The van der Waals surface area contributed by atoms with Gasteiger partial charge in [0, 0.05) is 48.3 Å². The molecule has 4 aromatic rings. The summed E-state index contributed by atoms with van der Waals surface area (Å²) in [6.07, 6.45) is 5.39. The number of hydrogen-bond donors (Lipinski definition) is 2. The summed E-state index contributed by atoms with van der Waals surface area (Å²) < 4.78 is 11.4. The molecule has 0 amide bonds. The predicted molar refractivity (Wildman–Crippen MR) is 115 cm³/mol. The largest absolute Gasteiger partial charge is 0.490 e. The number of nitrogen functional groups attached to an aromatic ring is 1. The Morgan fingerprint density at radius 2 is 1.90 bits per heavy atom. The standard InChI is InChI=1S/C20H23ClN7O3/c1-12-14(11-28(30)13(2)16(12)31-3)10-27-18-15(17(21)23-19(22)24-18)26(20(27)29)9-8-25-6-4-5-7-25/h4-7,11,30H,8-10H2,1-3H3,(H2,22,23,24)/q+1. The van der Waals surface area contributed by atoms with Crippen LogP contribution in [0.5, 0.6) is 5.75 Å². The summed E-state index contributed by atoms with van der Waals surface area (Å²) in [6.45, 7) is 4.69. The highest BCUT2D eigenvalue weighted by Crippen LogP contribution is 2.25. The molecule has 0 fully saturated rings. The molecule has 0 atom stereocenters. The Bertz CT molecular complexity index is 1330. The summed E-state index contributed by atoms with van der Waals surface area (Å²) in [5.41, 5.74) is 8.31. The van der Waals surface area contributed by atoms with Crippen molar-refractivity contribution in [3.05, 3.63) is 63.2 Å². The lowest BCUT2D eigenvalue weighted by atomic mass is 10.1. The van der Waals surface area contributed by atoms with Crippen molar-refractivity contribution in [2.24, 2.45) is 0 Å². The van der Waals surface area contributed by atoms with Crippen LogP contribution in [-0.2, 0) is 19.6 Å². The Morgan fingerprint density at radius 3 is 2.58 bits per heavy atom. The first kappa shape index (κ1) is 20.7. The Labute approximate surface area is 182 Å². The second-order valence-electron chi connectivity index (χ2n) is 7.23. The van der Waals surface area contributed by atoms with Gasteiger partial charge < -0.3 is 15.0 Å². The summed E-state index contributed by atoms with van der Waals surface area (Å²) in [5.74, 6) is 0.515. The van der Waals surface area contributed by atoms with Crippen molar-refractivity contribution < 1.29 is 14.7 Å². The van der Waals surface area contributed by atoms with E-state index >= 15 is 0 Å². The van der Waals surface area contributed by atoms with E-state index in [1.54, 1.807) is 17.7 Å². The van der Waals surface area contributed by atoms with Gasteiger partial charge in [-0.3, -0.25) is 14.3 Å². The van der Waals surface area contributed by atoms with E-state index in [1.807, 2.05) is 36.0 Å². The van der Waals surface area contributed by atoms with Crippen LogP contribution in [0, 0.1) is 13.8 Å². The Kier molecular flexibility index (Phi) is 5.32. The minimum absolute atomic E-state index is 0.0239. The molecule has 0 aliphatic rings. The van der Waals surface area contributed by atoms with E-state index in [4.69, 9.17) is 22.1 Å². The van der Waals surface area contributed by atoms with E-state index < -0.39 is 0 Å². The predicted octanol–water partition coefficient (Wildman–Crippen LogP) is 1.53. The van der Waals surface area contributed by atoms with Crippen molar-refractivity contribution in [1.82, 2.24) is 23.7 Å². The number of hydrogen-bond acceptors (Lipinski definition) is 6. The van der Waals surface area contributed by atoms with Crippen LogP contribution in [0.15, 0.2) is 35.5 Å². The highest BCUT2D eigenvalue weighted by molar-refractivity contribution is 6.33. The van der Waals surface area contributed by atoms with Crippen LogP contribution in [0.1, 0.15) is 16.8 Å². The molecule has 0 bridgehead atoms. The van der Waals surface area contributed by atoms with Crippen LogP contribution in [0.3, 0.4) is 0 Å². The summed E-state index contributed by atoms with van der Waals surface area (Å²) in [4.78, 5) is 21.7. The molecule has 0 saturated heterocycles. The first-order chi connectivity index (χ1) is 14.8. The number of nitrogens with two attached hydrogens (primary N) is 1. The van der Waals surface area contributed by atoms with Gasteiger partial charge in [-0.1, -0.05) is 11.6 Å². The molecule has 0 aromatic carbocycles. The van der Waals surface area contributed by atoms with E-state index in [-0.39, 0.29) is 23.3 Å². The van der Waals surface area contributed by atoms with Crippen molar-refractivity contribution in [2.75, 3.05) is 12.8 Å². The third-order valence-corrected chi connectivity index (χ3v) is 5.64. The smallest absolute Gasteiger partial charge is 0.330 e. The third kappa shape index (κ3) is 3.59. The first-order valence-electron chi connectivity index (χ1n) is 9.62. The molecule has 10 nitrogen and oxygen atoms in total. The van der Waals surface area contributed by atoms with E-state index in [0.29, 0.717) is 41.3 Å². The van der Waals surface area contributed by atoms with Gasteiger partial charge in [-0.25, -0.2) is 4.79 Å². The first-order valence-corrected chi connectivity index (χ1v) is 10.0. The lowest BCUT2D eigenvalue weighted by Gasteiger charge is -2.10. The zero-order valence-corrected chi connectivity index (χ0v) is 18.2. The Morgan fingerprint density at radius 1 is 1.19 bits per heavy atom. The molecule has 0 saturated carbocycles. The highest BCUT2D eigenvalue weighted by atomic mass is 35.5. The molecule has 4 aromatic heterocycles. The molecular formula is C20H23ClN7O3+. The van der Waals surface area contributed by atoms with E-state index in [2.05, 4.69) is 9.97 Å². The highest BCUT2D eigenvalue weighted by Gasteiger charge is 2.24. The van der Waals surface area contributed by atoms with E-state index in [1.165, 1.54) is 11.7 Å². The van der Waals surface area contributed by atoms with Crippen LogP contribution in [0.4, 0.5) is 5.95 Å². The number of ether oxygens (including phenoxy) is 1. The minimum atomic E-state index is -0.299. The van der Waals surface area contributed by atoms with Crippen molar-refractivity contribution >= 4 is 28.7 Å². The Hall–Kier alpha value is -3.53. The number of nitrogens with zero attached hydrogens (tertiary/aromatic N) is 6. The SMILES string of the molecule is COc1c(C)c(Cn2c(=O)n(CCn3cccc3)c3c(Cl)nc(N)nc32)c[n+](O)c1C. The summed E-state index contributed by atoms with van der Waals surface area (Å²) in [7, 11) is 1.53. The average molecular weight is 445 g/mol. The number of fused-ring (bicyclic) bond motifs is 1. The fourth-order valence-corrected chi connectivity index (χ4v) is 4.04. The van der Waals surface area contributed by atoms with Gasteiger partial charge in [0.15, 0.2) is 16.5 Å². The van der Waals surface area contributed by atoms with Crippen LogP contribution in [0.2, 0.25) is 5.15 Å². The van der Waals surface area contributed by atoms with Gasteiger partial charge in [0.1, 0.15) is 5.52 Å². The zero-order valence-electron chi connectivity index (χ0n) is 17.4. The lowest BCUT2D eigenvalue weighted by Crippen LogP contribution is -2.36. The number of anilines is 1. The van der Waals surface area contributed by atoms with Crippen molar-refractivity contribution in [1.29, 1.82) is 0 Å². The van der Waals surface area contributed by atoms with Crippen LogP contribution >= 0.6 is 11.6 Å². The third-order valence-electron chi connectivity index (χ3n) is 5.38. The molecule has 4 rings (SSSR count). The monoisotopic (exact) mass is 444 g/mol. The quantitative estimate of drug-likeness (QED) is 0.264. The molecule has 0 spiro atoms. The second-order valence-corrected chi connectivity index (χ2v) is 7.59. The molecule has 0 radical (unpaired) electrons. The van der Waals surface area contributed by atoms with Gasteiger partial charge >= 0.3 is 5.69 Å². The van der Waals surface area contributed by atoms with Gasteiger partial charge in [-0.15, -0.1) is 0 Å². The Balaban J connectivity index is 1.86. The fourth-order valence-electron chi connectivity index (χ4n) is 3.76. The number of methoxy groups -OCH3 is 1. The van der Waals surface area contributed by atoms with Gasteiger partial charge in [-0.2, -0.15) is 9.97 Å². The van der Waals surface area contributed by atoms with Gasteiger partial charge in [0.25, 0.3) is 5.69 Å². The summed E-state index contributed by atoms with van der Waals surface area (Å²) in [5, 5.41) is 10.4. The van der Waals surface area contributed by atoms with Gasteiger partial charge in [-0.05, 0) is 19.1 Å². The molecule has 31 heavy (non-hydrogen) atoms. The average Bonchev–Trinajstić information content (AvgIpc) is 3.32. The maximum absolute atomic E-state index is 13.4. The number of aryl methyl sites for hydroxylation is 2. The number of aromatic nitrogens is 6. The maximum Gasteiger partial charge on any atom is 0.330 e. The van der Waals surface area contributed by atoms with Gasteiger partial charge in [0.2, 0.25) is 12.1 Å². The topological polar surface area (TPSA) is 117 Å². The summed E-state index contributed by atoms with van der Waals surface area (Å²) in [6, 6.07) is 3.83. The molecular weight excluding hydrogens is 422 g/mol. The van der Waals surface area contributed by atoms with Crippen molar-refractivity contribution in [3.63, 3.8) is 0 Å². The lowest BCUT2D eigenvalue weighted by molar-refractivity contribution is -0.909. The number of pyridine rings is 1. The van der Waals surface area contributed by atoms with Crippen molar-refractivity contribution in [3.8, 4) is 5.75 Å². The molecule has 0 unspecified atom stereocenters. The molecule has 4 heterocycles. The molecule has 162 valence electrons. The maximum atomic E-state index is 13.4. The number of imidazole rings is 1. The summed E-state index contributed by atoms with van der Waals surface area (Å²) >= 11 is 6.37. The van der Waals surface area contributed by atoms with Gasteiger partial charge in [0.05, 0.1) is 13.7 Å². The van der Waals surface area contributed by atoms with Crippen LogP contribution in [0.25, 0.3) is 11.2 Å². The normalized spacial score (nSPS) is 11.4. The molecule has 0 aliphatic carbocycles.